The molecule has 5 nitrogen and oxygen atoms in total. The molecule has 2 aromatic rings. The molecule has 2 rings (SSSR count). The van der Waals surface area contributed by atoms with Gasteiger partial charge in [-0.05, 0) is 36.2 Å². The smallest absolute Gasteiger partial charge is 0.269 e. The van der Waals surface area contributed by atoms with Crippen molar-refractivity contribution in [2.45, 2.75) is 13.0 Å². The van der Waals surface area contributed by atoms with E-state index in [4.69, 9.17) is 11.6 Å². The van der Waals surface area contributed by atoms with Crippen LogP contribution in [0.25, 0.3) is 0 Å². The van der Waals surface area contributed by atoms with E-state index < -0.39 is 11.0 Å². The molecular formula is C15H15ClN2O3. The first kappa shape index (κ1) is 15.3. The number of anilines is 1. The van der Waals surface area contributed by atoms with Gasteiger partial charge in [-0.15, -0.1) is 0 Å². The van der Waals surface area contributed by atoms with E-state index in [1.165, 1.54) is 12.1 Å². The Hall–Kier alpha value is -2.11. The number of hydrogen-bond acceptors (Lipinski definition) is 4. The Labute approximate surface area is 127 Å². The summed E-state index contributed by atoms with van der Waals surface area (Å²) in [5.74, 6) is 0. The SMILES string of the molecule is Cc1cc([N+](=O)[O-])ccc1NCC(O)c1ccc(Cl)cc1. The van der Waals surface area contributed by atoms with Crippen LogP contribution >= 0.6 is 11.6 Å². The Morgan fingerprint density at radius 2 is 1.95 bits per heavy atom. The van der Waals surface area contributed by atoms with Gasteiger partial charge in [0.15, 0.2) is 0 Å². The molecule has 0 saturated heterocycles. The number of nitro groups is 1. The fourth-order valence-corrected chi connectivity index (χ4v) is 2.10. The monoisotopic (exact) mass is 306 g/mol. The van der Waals surface area contributed by atoms with Crippen LogP contribution in [0.4, 0.5) is 11.4 Å². The number of nitro benzene ring substituents is 1. The predicted octanol–water partition coefficient (Wildman–Crippen LogP) is 3.70. The number of nitrogens with zero attached hydrogens (tertiary/aromatic N) is 1. The van der Waals surface area contributed by atoms with Gasteiger partial charge in [0.1, 0.15) is 0 Å². The van der Waals surface area contributed by atoms with Gasteiger partial charge in [-0.1, -0.05) is 23.7 Å². The number of halogens is 1. The summed E-state index contributed by atoms with van der Waals surface area (Å²) < 4.78 is 0. The molecule has 6 heteroatoms. The summed E-state index contributed by atoms with van der Waals surface area (Å²) in [7, 11) is 0. The number of non-ortho nitro benzene ring substituents is 1. The molecule has 0 bridgehead atoms. The number of hydrogen-bond donors (Lipinski definition) is 2. The van der Waals surface area contributed by atoms with Crippen LogP contribution in [-0.2, 0) is 0 Å². The van der Waals surface area contributed by atoms with Gasteiger partial charge in [0, 0.05) is 29.4 Å². The fourth-order valence-electron chi connectivity index (χ4n) is 1.97. The second-order valence-corrected chi connectivity index (χ2v) is 5.14. The predicted molar refractivity (Wildman–Crippen MR) is 82.7 cm³/mol. The van der Waals surface area contributed by atoms with Crippen LogP contribution in [0.1, 0.15) is 17.2 Å². The largest absolute Gasteiger partial charge is 0.387 e. The zero-order chi connectivity index (χ0) is 15.4. The topological polar surface area (TPSA) is 75.4 Å². The minimum atomic E-state index is -0.683. The number of rotatable bonds is 5. The maximum absolute atomic E-state index is 10.7. The molecule has 21 heavy (non-hydrogen) atoms. The van der Waals surface area contributed by atoms with Crippen LogP contribution in [0.5, 0.6) is 0 Å². The molecule has 0 spiro atoms. The van der Waals surface area contributed by atoms with Gasteiger partial charge in [-0.2, -0.15) is 0 Å². The maximum atomic E-state index is 10.7. The number of aryl methyl sites for hydroxylation is 1. The summed E-state index contributed by atoms with van der Waals surface area (Å²) in [5, 5.41) is 24.5. The third-order valence-electron chi connectivity index (χ3n) is 3.16. The van der Waals surface area contributed by atoms with E-state index in [1.807, 2.05) is 0 Å². The van der Waals surface area contributed by atoms with Gasteiger partial charge >= 0.3 is 0 Å². The molecule has 1 atom stereocenters. The summed E-state index contributed by atoms with van der Waals surface area (Å²) in [6.45, 7) is 2.09. The van der Waals surface area contributed by atoms with Crippen LogP contribution in [0.3, 0.4) is 0 Å². The number of nitrogens with one attached hydrogen (secondary N) is 1. The van der Waals surface area contributed by atoms with E-state index >= 15 is 0 Å². The summed E-state index contributed by atoms with van der Waals surface area (Å²) >= 11 is 5.80. The molecule has 0 amide bonds. The molecule has 0 aromatic heterocycles. The van der Waals surface area contributed by atoms with Gasteiger partial charge < -0.3 is 10.4 Å². The van der Waals surface area contributed by atoms with Gasteiger partial charge in [0.25, 0.3) is 5.69 Å². The Kier molecular flexibility index (Phi) is 4.77. The molecule has 2 aromatic carbocycles. The lowest BCUT2D eigenvalue weighted by atomic mass is 10.1. The normalized spacial score (nSPS) is 12.0. The Morgan fingerprint density at radius 1 is 1.29 bits per heavy atom. The zero-order valence-corrected chi connectivity index (χ0v) is 12.2. The van der Waals surface area contributed by atoms with Crippen molar-refractivity contribution in [2.24, 2.45) is 0 Å². The van der Waals surface area contributed by atoms with Gasteiger partial charge in [0.2, 0.25) is 0 Å². The summed E-state index contributed by atoms with van der Waals surface area (Å²) in [5.41, 5.74) is 2.32. The number of aliphatic hydroxyl groups excluding tert-OH is 1. The molecule has 2 N–H and O–H groups in total. The standard InChI is InChI=1S/C15H15ClN2O3/c1-10-8-13(18(20)21)6-7-14(10)17-9-15(19)11-2-4-12(16)5-3-11/h2-8,15,17,19H,9H2,1H3. The second kappa shape index (κ2) is 6.56. The van der Waals surface area contributed by atoms with E-state index in [0.29, 0.717) is 11.6 Å². The van der Waals surface area contributed by atoms with E-state index in [9.17, 15) is 15.2 Å². The van der Waals surface area contributed by atoms with Crippen LogP contribution in [0, 0.1) is 17.0 Å². The Bertz CT molecular complexity index is 644. The van der Waals surface area contributed by atoms with Gasteiger partial charge in [0.05, 0.1) is 11.0 Å². The molecule has 0 aliphatic heterocycles. The first-order valence-corrected chi connectivity index (χ1v) is 6.77. The van der Waals surface area contributed by atoms with Crippen LogP contribution in [0.15, 0.2) is 42.5 Å². The molecule has 0 aliphatic carbocycles. The first-order valence-electron chi connectivity index (χ1n) is 6.40. The fraction of sp³-hybridized carbons (Fsp3) is 0.200. The highest BCUT2D eigenvalue weighted by atomic mass is 35.5. The van der Waals surface area contributed by atoms with Crippen molar-refractivity contribution in [3.05, 3.63) is 68.7 Å². The average molecular weight is 307 g/mol. The first-order chi connectivity index (χ1) is 9.97. The molecule has 0 aliphatic rings. The van der Waals surface area contributed by atoms with Crippen LogP contribution in [-0.4, -0.2) is 16.6 Å². The molecule has 0 fully saturated rings. The molecule has 0 heterocycles. The van der Waals surface area contributed by atoms with Crippen molar-refractivity contribution in [2.75, 3.05) is 11.9 Å². The highest BCUT2D eigenvalue weighted by Gasteiger charge is 2.10. The van der Waals surface area contributed by atoms with Crippen LogP contribution < -0.4 is 5.32 Å². The molecule has 110 valence electrons. The third kappa shape index (κ3) is 3.93. The molecule has 0 radical (unpaired) electrons. The molecular weight excluding hydrogens is 292 g/mol. The lowest BCUT2D eigenvalue weighted by Crippen LogP contribution is -2.12. The van der Waals surface area contributed by atoms with E-state index in [2.05, 4.69) is 5.32 Å². The minimum Gasteiger partial charge on any atom is -0.387 e. The van der Waals surface area contributed by atoms with Crippen molar-refractivity contribution < 1.29 is 10.0 Å². The highest BCUT2D eigenvalue weighted by Crippen LogP contribution is 2.22. The Morgan fingerprint density at radius 3 is 2.52 bits per heavy atom. The Balaban J connectivity index is 2.02. The molecule has 1 unspecified atom stereocenters. The zero-order valence-electron chi connectivity index (χ0n) is 11.4. The summed E-state index contributed by atoms with van der Waals surface area (Å²) in [6.07, 6.45) is -0.683. The van der Waals surface area contributed by atoms with E-state index in [0.717, 1.165) is 16.8 Å². The number of benzene rings is 2. The second-order valence-electron chi connectivity index (χ2n) is 4.70. The lowest BCUT2D eigenvalue weighted by molar-refractivity contribution is -0.384. The van der Waals surface area contributed by atoms with Crippen molar-refractivity contribution in [3.8, 4) is 0 Å². The number of aliphatic hydroxyl groups is 1. The van der Waals surface area contributed by atoms with Crippen LogP contribution in [0.2, 0.25) is 5.02 Å². The van der Waals surface area contributed by atoms with Gasteiger partial charge in [-0.25, -0.2) is 0 Å². The van der Waals surface area contributed by atoms with E-state index in [1.54, 1.807) is 37.3 Å². The lowest BCUT2D eigenvalue weighted by Gasteiger charge is -2.14. The molecule has 0 saturated carbocycles. The van der Waals surface area contributed by atoms with Crippen molar-refractivity contribution >= 4 is 23.0 Å². The van der Waals surface area contributed by atoms with Crippen molar-refractivity contribution in [1.82, 2.24) is 0 Å². The van der Waals surface area contributed by atoms with Crippen molar-refractivity contribution in [1.29, 1.82) is 0 Å². The highest BCUT2D eigenvalue weighted by molar-refractivity contribution is 6.30. The quantitative estimate of drug-likeness (QED) is 0.652. The maximum Gasteiger partial charge on any atom is 0.269 e. The third-order valence-corrected chi connectivity index (χ3v) is 3.41. The minimum absolute atomic E-state index is 0.0521. The summed E-state index contributed by atoms with van der Waals surface area (Å²) in [6, 6.07) is 11.5. The van der Waals surface area contributed by atoms with Gasteiger partial charge in [-0.3, -0.25) is 10.1 Å². The van der Waals surface area contributed by atoms with Crippen molar-refractivity contribution in [3.63, 3.8) is 0 Å². The average Bonchev–Trinajstić information content (AvgIpc) is 2.46. The van der Waals surface area contributed by atoms with E-state index in [-0.39, 0.29) is 5.69 Å². The summed E-state index contributed by atoms with van der Waals surface area (Å²) in [4.78, 5) is 10.2.